The van der Waals surface area contributed by atoms with Crippen LogP contribution in [0.15, 0.2) is 24.9 Å². The van der Waals surface area contributed by atoms with E-state index >= 15 is 0 Å². The Morgan fingerprint density at radius 3 is 2.90 bits per heavy atom. The van der Waals surface area contributed by atoms with Crippen molar-refractivity contribution in [2.24, 2.45) is 0 Å². The molecule has 1 aromatic heterocycles. The molecular weight excluding hydrogens is 126 g/mol. The first-order chi connectivity index (χ1) is 4.74. The minimum absolute atomic E-state index is 0.597. The zero-order valence-corrected chi connectivity index (χ0v) is 5.87. The van der Waals surface area contributed by atoms with Crippen molar-refractivity contribution in [3.05, 3.63) is 41.4 Å². The van der Waals surface area contributed by atoms with Crippen LogP contribution in [0.1, 0.15) is 11.3 Å². The maximum absolute atomic E-state index is 10.8. The Bertz CT molecular complexity index is 255. The summed E-state index contributed by atoms with van der Waals surface area (Å²) in [5, 5.41) is 10.8. The third-order valence-corrected chi connectivity index (χ3v) is 1.31. The van der Waals surface area contributed by atoms with E-state index in [0.29, 0.717) is 5.69 Å². The molecule has 0 aliphatic carbocycles. The van der Waals surface area contributed by atoms with Crippen molar-refractivity contribution in [2.45, 2.75) is 6.92 Å². The van der Waals surface area contributed by atoms with Gasteiger partial charge < -0.3 is 5.21 Å². The lowest BCUT2D eigenvalue weighted by Crippen LogP contribution is -2.28. The first-order valence-corrected chi connectivity index (χ1v) is 3.06. The molecule has 0 aromatic carbocycles. The zero-order valence-electron chi connectivity index (χ0n) is 5.87. The van der Waals surface area contributed by atoms with Crippen LogP contribution in [0.3, 0.4) is 0 Å². The van der Waals surface area contributed by atoms with Crippen molar-refractivity contribution < 1.29 is 4.73 Å². The average molecular weight is 135 g/mol. The quantitative estimate of drug-likeness (QED) is 0.421. The highest BCUT2D eigenvalue weighted by Gasteiger charge is 1.97. The standard InChI is InChI=1S/C8H9NO/c1-3-8-6-7(2)4-5-9(8)10/h3-6H,1H2,2H3. The fraction of sp³-hybridized carbons (Fsp3) is 0.125. The molecule has 52 valence electrons. The van der Waals surface area contributed by atoms with Gasteiger partial charge in [-0.15, -0.1) is 0 Å². The Labute approximate surface area is 60.0 Å². The third-order valence-electron chi connectivity index (χ3n) is 1.31. The van der Waals surface area contributed by atoms with Crippen LogP contribution in [0.25, 0.3) is 6.08 Å². The normalized spacial score (nSPS) is 9.30. The van der Waals surface area contributed by atoms with Crippen molar-refractivity contribution in [3.63, 3.8) is 0 Å². The number of pyridine rings is 1. The smallest absolute Gasteiger partial charge is 0.216 e. The fourth-order valence-corrected chi connectivity index (χ4v) is 0.765. The highest BCUT2D eigenvalue weighted by atomic mass is 16.5. The predicted molar refractivity (Wildman–Crippen MR) is 40.2 cm³/mol. The molecule has 1 heterocycles. The summed E-state index contributed by atoms with van der Waals surface area (Å²) in [5.41, 5.74) is 1.67. The SMILES string of the molecule is C=Cc1cc(C)cc[n+]1[O-]. The van der Waals surface area contributed by atoms with Crippen molar-refractivity contribution >= 4 is 6.08 Å². The summed E-state index contributed by atoms with van der Waals surface area (Å²) in [7, 11) is 0. The molecule has 1 rings (SSSR count). The maximum Gasteiger partial charge on any atom is 0.216 e. The molecule has 0 unspecified atom stereocenters. The van der Waals surface area contributed by atoms with Gasteiger partial charge in [0.05, 0.1) is 0 Å². The van der Waals surface area contributed by atoms with Crippen LogP contribution in [0, 0.1) is 12.1 Å². The highest BCUT2D eigenvalue weighted by Crippen LogP contribution is 1.97. The van der Waals surface area contributed by atoms with Gasteiger partial charge in [0.15, 0.2) is 6.20 Å². The monoisotopic (exact) mass is 135 g/mol. The molecular formula is C8H9NO. The van der Waals surface area contributed by atoms with Gasteiger partial charge in [-0.25, -0.2) is 0 Å². The maximum atomic E-state index is 10.8. The highest BCUT2D eigenvalue weighted by molar-refractivity contribution is 5.38. The van der Waals surface area contributed by atoms with Gasteiger partial charge in [-0.3, -0.25) is 0 Å². The van der Waals surface area contributed by atoms with Gasteiger partial charge in [0, 0.05) is 18.2 Å². The molecule has 0 spiro atoms. The lowest BCUT2D eigenvalue weighted by Gasteiger charge is -1.99. The van der Waals surface area contributed by atoms with E-state index in [4.69, 9.17) is 0 Å². The van der Waals surface area contributed by atoms with Gasteiger partial charge >= 0.3 is 0 Å². The van der Waals surface area contributed by atoms with Crippen LogP contribution in [-0.4, -0.2) is 0 Å². The van der Waals surface area contributed by atoms with Gasteiger partial charge in [-0.2, -0.15) is 4.73 Å². The molecule has 1 aromatic rings. The first kappa shape index (κ1) is 6.81. The van der Waals surface area contributed by atoms with Crippen molar-refractivity contribution in [1.29, 1.82) is 0 Å². The van der Waals surface area contributed by atoms with E-state index in [2.05, 4.69) is 6.58 Å². The predicted octanol–water partition coefficient (Wildman–Crippen LogP) is 1.27. The third kappa shape index (κ3) is 1.16. The summed E-state index contributed by atoms with van der Waals surface area (Å²) in [4.78, 5) is 0. The largest absolute Gasteiger partial charge is 0.618 e. The molecule has 0 fully saturated rings. The number of aromatic nitrogens is 1. The summed E-state index contributed by atoms with van der Waals surface area (Å²) in [6.07, 6.45) is 3.02. The topological polar surface area (TPSA) is 26.9 Å². The number of rotatable bonds is 1. The molecule has 0 radical (unpaired) electrons. The van der Waals surface area contributed by atoms with Crippen molar-refractivity contribution in [1.82, 2.24) is 0 Å². The van der Waals surface area contributed by atoms with Gasteiger partial charge in [0.2, 0.25) is 5.69 Å². The Morgan fingerprint density at radius 1 is 1.70 bits per heavy atom. The summed E-state index contributed by atoms with van der Waals surface area (Å²) < 4.78 is 0.792. The Hall–Kier alpha value is -1.31. The Morgan fingerprint density at radius 2 is 2.40 bits per heavy atom. The molecule has 0 atom stereocenters. The van der Waals surface area contributed by atoms with Gasteiger partial charge in [-0.1, -0.05) is 6.58 Å². The molecule has 10 heavy (non-hydrogen) atoms. The second-order valence-electron chi connectivity index (χ2n) is 2.16. The average Bonchev–Trinajstić information content (AvgIpc) is 1.94. The van der Waals surface area contributed by atoms with Crippen LogP contribution < -0.4 is 4.73 Å². The van der Waals surface area contributed by atoms with Crippen LogP contribution in [0.5, 0.6) is 0 Å². The number of aryl methyl sites for hydroxylation is 1. The molecule has 0 N–H and O–H groups in total. The number of hydrogen-bond donors (Lipinski definition) is 0. The van der Waals surface area contributed by atoms with Crippen molar-refractivity contribution in [2.75, 3.05) is 0 Å². The van der Waals surface area contributed by atoms with E-state index in [1.165, 1.54) is 6.20 Å². The summed E-state index contributed by atoms with van der Waals surface area (Å²) >= 11 is 0. The summed E-state index contributed by atoms with van der Waals surface area (Å²) in [5.74, 6) is 0. The van der Waals surface area contributed by atoms with E-state index in [1.54, 1.807) is 18.2 Å². The van der Waals surface area contributed by atoms with Crippen LogP contribution in [-0.2, 0) is 0 Å². The molecule has 0 amide bonds. The minimum Gasteiger partial charge on any atom is -0.618 e. The molecule has 2 nitrogen and oxygen atoms in total. The molecule has 0 bridgehead atoms. The zero-order chi connectivity index (χ0) is 7.56. The fourth-order valence-electron chi connectivity index (χ4n) is 0.765. The van der Waals surface area contributed by atoms with E-state index in [-0.39, 0.29) is 0 Å². The van der Waals surface area contributed by atoms with Crippen LogP contribution in [0.4, 0.5) is 0 Å². The summed E-state index contributed by atoms with van der Waals surface area (Å²) in [6, 6.07) is 3.56. The van der Waals surface area contributed by atoms with E-state index in [0.717, 1.165) is 10.3 Å². The van der Waals surface area contributed by atoms with Crippen LogP contribution >= 0.6 is 0 Å². The van der Waals surface area contributed by atoms with E-state index < -0.39 is 0 Å². The minimum atomic E-state index is 0.597. The summed E-state index contributed by atoms with van der Waals surface area (Å²) in [6.45, 7) is 5.45. The lowest BCUT2D eigenvalue weighted by atomic mass is 10.2. The van der Waals surface area contributed by atoms with Gasteiger partial charge in [0.1, 0.15) is 0 Å². The second-order valence-corrected chi connectivity index (χ2v) is 2.16. The lowest BCUT2D eigenvalue weighted by molar-refractivity contribution is -0.607. The number of hydrogen-bond acceptors (Lipinski definition) is 1. The molecule has 0 aliphatic rings. The molecule has 0 aliphatic heterocycles. The van der Waals surface area contributed by atoms with Gasteiger partial charge in [-0.05, 0) is 12.5 Å². The Balaban J connectivity index is 3.21. The Kier molecular flexibility index (Phi) is 1.71. The van der Waals surface area contributed by atoms with Gasteiger partial charge in [0.25, 0.3) is 0 Å². The molecule has 0 saturated carbocycles. The van der Waals surface area contributed by atoms with E-state index in [1.807, 2.05) is 6.92 Å². The molecule has 0 saturated heterocycles. The van der Waals surface area contributed by atoms with Crippen molar-refractivity contribution in [3.8, 4) is 0 Å². The van der Waals surface area contributed by atoms with E-state index in [9.17, 15) is 5.21 Å². The molecule has 2 heteroatoms. The number of nitrogens with zero attached hydrogens (tertiary/aromatic N) is 1. The first-order valence-electron chi connectivity index (χ1n) is 3.06. The second kappa shape index (κ2) is 2.52. The van der Waals surface area contributed by atoms with Crippen LogP contribution in [0.2, 0.25) is 0 Å².